The van der Waals surface area contributed by atoms with Crippen molar-refractivity contribution in [2.24, 2.45) is 0 Å². The molecular formula is C15H23N3O2. The maximum atomic E-state index is 11.9. The van der Waals surface area contributed by atoms with Crippen LogP contribution in [-0.2, 0) is 11.3 Å². The van der Waals surface area contributed by atoms with E-state index in [2.05, 4.69) is 10.3 Å². The maximum Gasteiger partial charge on any atom is 0.234 e. The lowest BCUT2D eigenvalue weighted by Crippen LogP contribution is -2.44. The number of aliphatic hydroxyl groups is 1. The second-order valence-electron chi connectivity index (χ2n) is 5.56. The highest BCUT2D eigenvalue weighted by Gasteiger charge is 2.19. The summed E-state index contributed by atoms with van der Waals surface area (Å²) < 4.78 is 0. The van der Waals surface area contributed by atoms with E-state index in [1.165, 1.54) is 0 Å². The van der Waals surface area contributed by atoms with Crippen molar-refractivity contribution in [2.45, 2.75) is 39.3 Å². The minimum absolute atomic E-state index is 0.000856. The molecule has 1 aliphatic rings. The van der Waals surface area contributed by atoms with E-state index in [0.717, 1.165) is 36.2 Å². The van der Waals surface area contributed by atoms with Gasteiger partial charge in [-0.05, 0) is 50.4 Å². The Labute approximate surface area is 120 Å². The molecule has 0 saturated carbocycles. The molecule has 2 heterocycles. The summed E-state index contributed by atoms with van der Waals surface area (Å²) >= 11 is 0. The van der Waals surface area contributed by atoms with Gasteiger partial charge in [0.25, 0.3) is 0 Å². The molecule has 0 aromatic carbocycles. The van der Waals surface area contributed by atoms with Gasteiger partial charge in [-0.25, -0.2) is 0 Å². The number of hydrogen-bond donors (Lipinski definition) is 2. The predicted octanol–water partition coefficient (Wildman–Crippen LogP) is 0.771. The Kier molecular flexibility index (Phi) is 5.09. The summed E-state index contributed by atoms with van der Waals surface area (Å²) in [6.07, 6.45) is 3.32. The topological polar surface area (TPSA) is 65.5 Å². The number of nitrogens with one attached hydrogen (secondary N) is 1. The van der Waals surface area contributed by atoms with Gasteiger partial charge in [0.05, 0.1) is 12.6 Å². The molecule has 0 spiro atoms. The predicted molar refractivity (Wildman–Crippen MR) is 77.2 cm³/mol. The number of carbonyl (C=O) groups is 1. The zero-order valence-electron chi connectivity index (χ0n) is 12.2. The van der Waals surface area contributed by atoms with Crippen LogP contribution in [0.4, 0.5) is 0 Å². The van der Waals surface area contributed by atoms with E-state index in [0.29, 0.717) is 19.6 Å². The third-order valence-corrected chi connectivity index (χ3v) is 3.68. The van der Waals surface area contributed by atoms with Crippen molar-refractivity contribution in [1.82, 2.24) is 15.2 Å². The largest absolute Gasteiger partial charge is 0.392 e. The Bertz CT molecular complexity index is 476. The van der Waals surface area contributed by atoms with Crippen molar-refractivity contribution < 1.29 is 9.90 Å². The minimum atomic E-state index is -0.292. The fourth-order valence-electron chi connectivity index (χ4n) is 2.54. The molecule has 5 nitrogen and oxygen atoms in total. The zero-order valence-corrected chi connectivity index (χ0v) is 12.2. The van der Waals surface area contributed by atoms with Gasteiger partial charge in [0.15, 0.2) is 0 Å². The van der Waals surface area contributed by atoms with E-state index in [4.69, 9.17) is 0 Å². The van der Waals surface area contributed by atoms with Gasteiger partial charge in [-0.15, -0.1) is 0 Å². The van der Waals surface area contributed by atoms with Crippen molar-refractivity contribution in [3.8, 4) is 0 Å². The monoisotopic (exact) mass is 277 g/mol. The number of carbonyl (C=O) groups excluding carboxylic acids is 1. The number of hydrogen-bond acceptors (Lipinski definition) is 4. The van der Waals surface area contributed by atoms with Crippen molar-refractivity contribution in [1.29, 1.82) is 0 Å². The van der Waals surface area contributed by atoms with Crippen molar-refractivity contribution in [3.05, 3.63) is 29.1 Å². The number of aliphatic hydroxyl groups excluding tert-OH is 1. The normalized spacial score (nSPS) is 19.9. The molecule has 1 aromatic rings. The lowest BCUT2D eigenvalue weighted by atomic mass is 10.1. The summed E-state index contributed by atoms with van der Waals surface area (Å²) in [5.41, 5.74) is 3.17. The van der Waals surface area contributed by atoms with Gasteiger partial charge in [-0.3, -0.25) is 14.7 Å². The average Bonchev–Trinajstić information content (AvgIpc) is 2.37. The SMILES string of the molecule is Cc1cc(C)c(CNC(=O)CN2CCC[C@@H](O)C2)cn1. The number of likely N-dealkylation sites (tertiary alicyclic amines) is 1. The summed E-state index contributed by atoms with van der Waals surface area (Å²) in [4.78, 5) is 18.2. The van der Waals surface area contributed by atoms with E-state index in [1.807, 2.05) is 31.0 Å². The molecule has 1 aliphatic heterocycles. The summed E-state index contributed by atoms with van der Waals surface area (Å²) in [6, 6.07) is 2.02. The number of piperidine rings is 1. The Morgan fingerprint density at radius 3 is 3.05 bits per heavy atom. The summed E-state index contributed by atoms with van der Waals surface area (Å²) in [5.74, 6) is -0.000856. The first-order valence-corrected chi connectivity index (χ1v) is 7.14. The molecule has 5 heteroatoms. The molecule has 1 saturated heterocycles. The lowest BCUT2D eigenvalue weighted by molar-refractivity contribution is -0.123. The van der Waals surface area contributed by atoms with Crippen LogP contribution in [-0.4, -0.2) is 46.6 Å². The van der Waals surface area contributed by atoms with Gasteiger partial charge in [0.2, 0.25) is 5.91 Å². The molecule has 20 heavy (non-hydrogen) atoms. The number of pyridine rings is 1. The summed E-state index contributed by atoms with van der Waals surface area (Å²) in [7, 11) is 0. The highest BCUT2D eigenvalue weighted by atomic mass is 16.3. The molecule has 0 aliphatic carbocycles. The molecule has 2 rings (SSSR count). The van der Waals surface area contributed by atoms with Gasteiger partial charge in [0, 0.05) is 25.0 Å². The second kappa shape index (κ2) is 6.81. The van der Waals surface area contributed by atoms with E-state index in [1.54, 1.807) is 0 Å². The van der Waals surface area contributed by atoms with Crippen molar-refractivity contribution in [3.63, 3.8) is 0 Å². The Morgan fingerprint density at radius 1 is 1.55 bits per heavy atom. The van der Waals surface area contributed by atoms with Crippen LogP contribution in [0.3, 0.4) is 0 Å². The van der Waals surface area contributed by atoms with E-state index >= 15 is 0 Å². The van der Waals surface area contributed by atoms with Gasteiger partial charge >= 0.3 is 0 Å². The van der Waals surface area contributed by atoms with Crippen LogP contribution < -0.4 is 5.32 Å². The van der Waals surface area contributed by atoms with Crippen molar-refractivity contribution in [2.75, 3.05) is 19.6 Å². The maximum absolute atomic E-state index is 11.9. The molecule has 1 fully saturated rings. The fraction of sp³-hybridized carbons (Fsp3) is 0.600. The first kappa shape index (κ1) is 14.9. The highest BCUT2D eigenvalue weighted by Crippen LogP contribution is 2.10. The first-order chi connectivity index (χ1) is 9.54. The molecule has 0 bridgehead atoms. The number of aromatic nitrogens is 1. The van der Waals surface area contributed by atoms with Crippen LogP contribution in [0.15, 0.2) is 12.3 Å². The van der Waals surface area contributed by atoms with Gasteiger partial charge in [0.1, 0.15) is 0 Å². The summed E-state index contributed by atoms with van der Waals surface area (Å²) in [5, 5.41) is 12.5. The Balaban J connectivity index is 1.80. The molecule has 2 N–H and O–H groups in total. The van der Waals surface area contributed by atoms with Gasteiger partial charge < -0.3 is 10.4 Å². The van der Waals surface area contributed by atoms with Crippen LogP contribution in [0, 0.1) is 13.8 Å². The highest BCUT2D eigenvalue weighted by molar-refractivity contribution is 5.78. The van der Waals surface area contributed by atoms with Crippen LogP contribution in [0.25, 0.3) is 0 Å². The van der Waals surface area contributed by atoms with Crippen LogP contribution in [0.1, 0.15) is 29.7 Å². The Morgan fingerprint density at radius 2 is 2.35 bits per heavy atom. The third-order valence-electron chi connectivity index (χ3n) is 3.68. The van der Waals surface area contributed by atoms with Crippen molar-refractivity contribution >= 4 is 5.91 Å². The van der Waals surface area contributed by atoms with E-state index in [-0.39, 0.29) is 12.0 Å². The number of nitrogens with zero attached hydrogens (tertiary/aromatic N) is 2. The second-order valence-corrected chi connectivity index (χ2v) is 5.56. The minimum Gasteiger partial charge on any atom is -0.392 e. The van der Waals surface area contributed by atoms with E-state index < -0.39 is 0 Å². The molecule has 1 aromatic heterocycles. The van der Waals surface area contributed by atoms with Gasteiger partial charge in [-0.1, -0.05) is 0 Å². The number of β-amino-alcohol motifs (C(OH)–C–C–N with tert-alkyl or cyclic N) is 1. The smallest absolute Gasteiger partial charge is 0.234 e. The Hall–Kier alpha value is -1.46. The standard InChI is InChI=1S/C15H23N3O2/c1-11-6-12(2)16-7-13(11)8-17-15(20)10-18-5-3-4-14(19)9-18/h6-7,14,19H,3-5,8-10H2,1-2H3,(H,17,20)/t14-/m1/s1. The summed E-state index contributed by atoms with van der Waals surface area (Å²) in [6.45, 7) is 6.33. The molecule has 0 unspecified atom stereocenters. The quantitative estimate of drug-likeness (QED) is 0.853. The van der Waals surface area contributed by atoms with Gasteiger partial charge in [-0.2, -0.15) is 0 Å². The fourth-order valence-corrected chi connectivity index (χ4v) is 2.54. The van der Waals surface area contributed by atoms with Crippen LogP contribution in [0.2, 0.25) is 0 Å². The van der Waals surface area contributed by atoms with E-state index in [9.17, 15) is 9.90 Å². The van der Waals surface area contributed by atoms with Crippen LogP contribution >= 0.6 is 0 Å². The molecule has 1 atom stereocenters. The lowest BCUT2D eigenvalue weighted by Gasteiger charge is -2.29. The molecule has 0 radical (unpaired) electrons. The van der Waals surface area contributed by atoms with Crippen LogP contribution in [0.5, 0.6) is 0 Å². The molecule has 110 valence electrons. The zero-order chi connectivity index (χ0) is 14.5. The number of amides is 1. The third kappa shape index (κ3) is 4.28. The number of aryl methyl sites for hydroxylation is 2. The molecular weight excluding hydrogens is 254 g/mol. The first-order valence-electron chi connectivity index (χ1n) is 7.14. The molecule has 1 amide bonds. The average molecular weight is 277 g/mol. The number of rotatable bonds is 4.